The first-order valence-corrected chi connectivity index (χ1v) is 6.03. The average molecular weight is 271 g/mol. The largest absolute Gasteiger partial charge is 0.481 e. The lowest BCUT2D eigenvalue weighted by atomic mass is 10.0. The highest BCUT2D eigenvalue weighted by Crippen LogP contribution is 2.08. The Kier molecular flexibility index (Phi) is 5.58. The molecule has 18 heavy (non-hydrogen) atoms. The van der Waals surface area contributed by atoms with Crippen LogP contribution >= 0.6 is 11.6 Å². The van der Waals surface area contributed by atoms with Crippen molar-refractivity contribution in [2.75, 3.05) is 6.54 Å². The lowest BCUT2D eigenvalue weighted by molar-refractivity contribution is -0.138. The lowest BCUT2D eigenvalue weighted by Gasteiger charge is -2.13. The fourth-order valence-corrected chi connectivity index (χ4v) is 1.63. The molecule has 0 bridgehead atoms. The maximum Gasteiger partial charge on any atom is 0.303 e. The van der Waals surface area contributed by atoms with Crippen LogP contribution < -0.4 is 5.32 Å². The number of carboxylic acids is 1. The predicted octanol–water partition coefficient (Wildman–Crippen LogP) is 1.97. The molecular formula is C12H15ClN2O3. The fourth-order valence-electron chi connectivity index (χ4n) is 1.47. The van der Waals surface area contributed by atoms with Gasteiger partial charge in [-0.05, 0) is 18.1 Å². The van der Waals surface area contributed by atoms with E-state index in [1.54, 1.807) is 18.2 Å². The van der Waals surface area contributed by atoms with E-state index in [1.807, 2.05) is 6.92 Å². The van der Waals surface area contributed by atoms with Gasteiger partial charge in [-0.1, -0.05) is 31.0 Å². The Bertz CT molecular complexity index is 437. The fraction of sp³-hybridized carbons (Fsp3) is 0.417. The van der Waals surface area contributed by atoms with Crippen molar-refractivity contribution in [2.24, 2.45) is 5.92 Å². The summed E-state index contributed by atoms with van der Waals surface area (Å²) in [6.45, 7) is 2.20. The zero-order valence-electron chi connectivity index (χ0n) is 10.0. The molecular weight excluding hydrogens is 256 g/mol. The van der Waals surface area contributed by atoms with Crippen molar-refractivity contribution < 1.29 is 14.7 Å². The van der Waals surface area contributed by atoms with Crippen LogP contribution in [0.15, 0.2) is 18.2 Å². The zero-order chi connectivity index (χ0) is 13.5. The van der Waals surface area contributed by atoms with E-state index in [0.717, 1.165) is 0 Å². The summed E-state index contributed by atoms with van der Waals surface area (Å²) in [6.07, 6.45) is 0.731. The molecule has 6 heteroatoms. The van der Waals surface area contributed by atoms with Crippen LogP contribution in [0.2, 0.25) is 5.15 Å². The van der Waals surface area contributed by atoms with Crippen molar-refractivity contribution >= 4 is 23.5 Å². The number of aliphatic carboxylic acids is 1. The minimum absolute atomic E-state index is 0.0414. The van der Waals surface area contributed by atoms with Gasteiger partial charge in [0.25, 0.3) is 5.91 Å². The van der Waals surface area contributed by atoms with Crippen LogP contribution in [0.4, 0.5) is 0 Å². The molecule has 0 aliphatic carbocycles. The molecule has 0 spiro atoms. The van der Waals surface area contributed by atoms with Gasteiger partial charge in [0, 0.05) is 13.0 Å². The van der Waals surface area contributed by atoms with E-state index < -0.39 is 5.97 Å². The number of halogens is 1. The first-order valence-electron chi connectivity index (χ1n) is 5.65. The number of nitrogens with zero attached hydrogens (tertiary/aromatic N) is 1. The zero-order valence-corrected chi connectivity index (χ0v) is 10.8. The Hall–Kier alpha value is -1.62. The number of carbonyl (C=O) groups is 2. The van der Waals surface area contributed by atoms with E-state index in [9.17, 15) is 9.59 Å². The summed E-state index contributed by atoms with van der Waals surface area (Å²) in [4.78, 5) is 26.2. The van der Waals surface area contributed by atoms with Crippen molar-refractivity contribution in [1.82, 2.24) is 10.3 Å². The minimum Gasteiger partial charge on any atom is -0.481 e. The number of nitrogens with one attached hydrogen (secondary N) is 1. The number of amides is 1. The van der Waals surface area contributed by atoms with E-state index in [4.69, 9.17) is 16.7 Å². The first kappa shape index (κ1) is 14.4. The van der Waals surface area contributed by atoms with Crippen LogP contribution in [0.5, 0.6) is 0 Å². The Labute approximate surface area is 110 Å². The molecule has 0 saturated heterocycles. The van der Waals surface area contributed by atoms with E-state index >= 15 is 0 Å². The molecule has 0 aliphatic rings. The Morgan fingerprint density at radius 2 is 2.22 bits per heavy atom. The third-order valence-electron chi connectivity index (χ3n) is 2.54. The molecule has 98 valence electrons. The van der Waals surface area contributed by atoms with Crippen molar-refractivity contribution in [3.8, 4) is 0 Å². The van der Waals surface area contributed by atoms with Crippen LogP contribution in [-0.4, -0.2) is 28.5 Å². The summed E-state index contributed by atoms with van der Waals surface area (Å²) in [7, 11) is 0. The summed E-state index contributed by atoms with van der Waals surface area (Å²) in [5, 5.41) is 11.6. The van der Waals surface area contributed by atoms with Crippen molar-refractivity contribution in [3.63, 3.8) is 0 Å². The van der Waals surface area contributed by atoms with Gasteiger partial charge in [-0.25, -0.2) is 4.98 Å². The smallest absolute Gasteiger partial charge is 0.303 e. The number of carboxylic acid groups (broad SMARTS) is 1. The Morgan fingerprint density at radius 3 is 2.78 bits per heavy atom. The summed E-state index contributed by atoms with van der Waals surface area (Å²) >= 11 is 5.68. The highest BCUT2D eigenvalue weighted by atomic mass is 35.5. The van der Waals surface area contributed by atoms with Gasteiger partial charge in [-0.2, -0.15) is 0 Å². The maximum atomic E-state index is 11.7. The van der Waals surface area contributed by atoms with Crippen LogP contribution in [0.1, 0.15) is 30.3 Å². The summed E-state index contributed by atoms with van der Waals surface area (Å²) in [5.74, 6) is -1.29. The molecule has 5 nitrogen and oxygen atoms in total. The monoisotopic (exact) mass is 270 g/mol. The third kappa shape index (κ3) is 4.71. The quantitative estimate of drug-likeness (QED) is 0.775. The van der Waals surface area contributed by atoms with Crippen molar-refractivity contribution in [2.45, 2.75) is 19.8 Å². The van der Waals surface area contributed by atoms with Crippen molar-refractivity contribution in [3.05, 3.63) is 29.0 Å². The molecule has 1 atom stereocenters. The first-order chi connectivity index (χ1) is 8.52. The molecule has 1 rings (SSSR count). The lowest BCUT2D eigenvalue weighted by Crippen LogP contribution is -2.30. The highest BCUT2D eigenvalue weighted by molar-refractivity contribution is 6.29. The second-order valence-electron chi connectivity index (χ2n) is 3.93. The predicted molar refractivity (Wildman–Crippen MR) is 67.6 cm³/mol. The molecule has 1 heterocycles. The number of aromatic nitrogens is 1. The molecule has 1 aromatic heterocycles. The third-order valence-corrected chi connectivity index (χ3v) is 2.75. The second kappa shape index (κ2) is 6.96. The topological polar surface area (TPSA) is 79.3 Å². The molecule has 0 aliphatic heterocycles. The molecule has 1 aromatic rings. The molecule has 1 unspecified atom stereocenters. The summed E-state index contributed by atoms with van der Waals surface area (Å²) in [6, 6.07) is 4.77. The molecule has 0 aromatic carbocycles. The van der Waals surface area contributed by atoms with Gasteiger partial charge < -0.3 is 10.4 Å². The average Bonchev–Trinajstić information content (AvgIpc) is 2.33. The van der Waals surface area contributed by atoms with Gasteiger partial charge in [-0.15, -0.1) is 0 Å². The van der Waals surface area contributed by atoms with Crippen molar-refractivity contribution in [1.29, 1.82) is 0 Å². The van der Waals surface area contributed by atoms with E-state index in [2.05, 4.69) is 10.3 Å². The molecule has 0 saturated carbocycles. The van der Waals surface area contributed by atoms with Crippen LogP contribution in [0.3, 0.4) is 0 Å². The van der Waals surface area contributed by atoms with E-state index in [1.165, 1.54) is 0 Å². The minimum atomic E-state index is -0.864. The number of hydrogen-bond donors (Lipinski definition) is 2. The van der Waals surface area contributed by atoms with Gasteiger partial charge in [0.2, 0.25) is 0 Å². The summed E-state index contributed by atoms with van der Waals surface area (Å²) < 4.78 is 0. The second-order valence-corrected chi connectivity index (χ2v) is 4.31. The Morgan fingerprint density at radius 1 is 1.50 bits per heavy atom. The van der Waals surface area contributed by atoms with Gasteiger partial charge in [-0.3, -0.25) is 9.59 Å². The SMILES string of the molecule is CCC(CNC(=O)c1cccc(Cl)n1)CC(=O)O. The number of hydrogen-bond acceptors (Lipinski definition) is 3. The molecule has 1 amide bonds. The van der Waals surface area contributed by atoms with Crippen LogP contribution in [0.25, 0.3) is 0 Å². The molecule has 0 fully saturated rings. The number of carbonyl (C=O) groups excluding carboxylic acids is 1. The van der Waals surface area contributed by atoms with Gasteiger partial charge in [0.15, 0.2) is 0 Å². The van der Waals surface area contributed by atoms with Gasteiger partial charge >= 0.3 is 5.97 Å². The normalized spacial score (nSPS) is 11.9. The standard InChI is InChI=1S/C12H15ClN2O3/c1-2-8(6-11(16)17)7-14-12(18)9-4-3-5-10(13)15-9/h3-5,8H,2,6-7H2,1H3,(H,14,18)(H,16,17). The summed E-state index contributed by atoms with van der Waals surface area (Å²) in [5.41, 5.74) is 0.229. The van der Waals surface area contributed by atoms with E-state index in [0.29, 0.717) is 13.0 Å². The van der Waals surface area contributed by atoms with Gasteiger partial charge in [0.05, 0.1) is 0 Å². The number of pyridine rings is 1. The van der Waals surface area contributed by atoms with Crippen LogP contribution in [0, 0.1) is 5.92 Å². The highest BCUT2D eigenvalue weighted by Gasteiger charge is 2.14. The molecule has 2 N–H and O–H groups in total. The number of rotatable bonds is 6. The Balaban J connectivity index is 2.52. The van der Waals surface area contributed by atoms with E-state index in [-0.39, 0.29) is 29.1 Å². The van der Waals surface area contributed by atoms with Gasteiger partial charge in [0.1, 0.15) is 10.8 Å². The van der Waals surface area contributed by atoms with Crippen LogP contribution in [-0.2, 0) is 4.79 Å². The maximum absolute atomic E-state index is 11.7. The molecule has 0 radical (unpaired) electrons.